The SMILES string of the molecule is CC(C(=O)NCCCc1ccc(Br)cc1F)C(N)c1ccccc1. The first-order valence-electron chi connectivity index (χ1n) is 8.01. The van der Waals surface area contributed by atoms with Gasteiger partial charge in [-0.2, -0.15) is 0 Å². The Bertz CT molecular complexity index is 678. The highest BCUT2D eigenvalue weighted by Crippen LogP contribution is 2.19. The minimum absolute atomic E-state index is 0.0809. The summed E-state index contributed by atoms with van der Waals surface area (Å²) in [5.41, 5.74) is 7.75. The third-order valence-electron chi connectivity index (χ3n) is 4.07. The maximum atomic E-state index is 13.7. The molecule has 2 aromatic rings. The van der Waals surface area contributed by atoms with E-state index in [4.69, 9.17) is 5.73 Å². The minimum Gasteiger partial charge on any atom is -0.356 e. The molecule has 0 saturated heterocycles. The topological polar surface area (TPSA) is 55.1 Å². The summed E-state index contributed by atoms with van der Waals surface area (Å²) in [6, 6.07) is 14.3. The van der Waals surface area contributed by atoms with E-state index in [1.807, 2.05) is 43.3 Å². The average Bonchev–Trinajstić information content (AvgIpc) is 2.59. The Morgan fingerprint density at radius 3 is 2.62 bits per heavy atom. The molecule has 0 aliphatic carbocycles. The summed E-state index contributed by atoms with van der Waals surface area (Å²) in [6.45, 7) is 2.32. The zero-order valence-corrected chi connectivity index (χ0v) is 15.2. The molecule has 0 fully saturated rings. The summed E-state index contributed by atoms with van der Waals surface area (Å²) in [5, 5.41) is 2.88. The van der Waals surface area contributed by atoms with Gasteiger partial charge in [0, 0.05) is 17.1 Å². The van der Waals surface area contributed by atoms with Gasteiger partial charge in [-0.15, -0.1) is 0 Å². The van der Waals surface area contributed by atoms with Gasteiger partial charge >= 0.3 is 0 Å². The molecule has 5 heteroatoms. The summed E-state index contributed by atoms with van der Waals surface area (Å²) >= 11 is 3.24. The summed E-state index contributed by atoms with van der Waals surface area (Å²) < 4.78 is 14.4. The van der Waals surface area contributed by atoms with Crippen LogP contribution in [0, 0.1) is 11.7 Å². The zero-order valence-electron chi connectivity index (χ0n) is 13.6. The first kappa shape index (κ1) is 18.6. The molecule has 2 unspecified atom stereocenters. The van der Waals surface area contributed by atoms with Crippen LogP contribution in [0.2, 0.25) is 0 Å². The fraction of sp³-hybridized carbons (Fsp3) is 0.316. The molecule has 0 radical (unpaired) electrons. The molecule has 24 heavy (non-hydrogen) atoms. The molecule has 3 nitrogen and oxygen atoms in total. The van der Waals surface area contributed by atoms with Crippen molar-refractivity contribution in [3.05, 3.63) is 69.9 Å². The molecule has 0 aliphatic heterocycles. The molecule has 128 valence electrons. The van der Waals surface area contributed by atoms with Crippen LogP contribution in [0.25, 0.3) is 0 Å². The lowest BCUT2D eigenvalue weighted by atomic mass is 9.94. The predicted octanol–water partition coefficient (Wildman–Crippen LogP) is 3.97. The smallest absolute Gasteiger partial charge is 0.224 e. The maximum absolute atomic E-state index is 13.7. The van der Waals surface area contributed by atoms with Crippen LogP contribution in [-0.2, 0) is 11.2 Å². The van der Waals surface area contributed by atoms with Crippen molar-refractivity contribution in [2.24, 2.45) is 11.7 Å². The largest absolute Gasteiger partial charge is 0.356 e. The highest BCUT2D eigenvalue weighted by molar-refractivity contribution is 9.10. The maximum Gasteiger partial charge on any atom is 0.224 e. The van der Waals surface area contributed by atoms with Crippen molar-refractivity contribution in [2.75, 3.05) is 6.54 Å². The highest BCUT2D eigenvalue weighted by Gasteiger charge is 2.21. The molecular formula is C19H22BrFN2O. The zero-order chi connectivity index (χ0) is 17.5. The molecular weight excluding hydrogens is 371 g/mol. The second-order valence-corrected chi connectivity index (χ2v) is 6.77. The molecule has 2 atom stereocenters. The monoisotopic (exact) mass is 392 g/mol. The van der Waals surface area contributed by atoms with Crippen molar-refractivity contribution in [3.8, 4) is 0 Å². The van der Waals surface area contributed by atoms with Crippen LogP contribution in [0.3, 0.4) is 0 Å². The van der Waals surface area contributed by atoms with Crippen LogP contribution in [-0.4, -0.2) is 12.5 Å². The lowest BCUT2D eigenvalue weighted by Crippen LogP contribution is -2.36. The van der Waals surface area contributed by atoms with Gasteiger partial charge in [-0.1, -0.05) is 59.3 Å². The fourth-order valence-corrected chi connectivity index (χ4v) is 2.84. The van der Waals surface area contributed by atoms with Crippen molar-refractivity contribution in [3.63, 3.8) is 0 Å². The molecule has 0 spiro atoms. The van der Waals surface area contributed by atoms with E-state index in [-0.39, 0.29) is 23.7 Å². The number of rotatable bonds is 7. The van der Waals surface area contributed by atoms with E-state index in [1.54, 1.807) is 6.07 Å². The van der Waals surface area contributed by atoms with Crippen molar-refractivity contribution in [1.29, 1.82) is 0 Å². The quantitative estimate of drug-likeness (QED) is 0.700. The second kappa shape index (κ2) is 8.94. The van der Waals surface area contributed by atoms with Crippen molar-refractivity contribution in [1.82, 2.24) is 5.32 Å². The number of aryl methyl sites for hydroxylation is 1. The molecule has 0 aliphatic rings. The second-order valence-electron chi connectivity index (χ2n) is 5.86. The Hall–Kier alpha value is -1.72. The Morgan fingerprint density at radius 1 is 1.25 bits per heavy atom. The normalized spacial score (nSPS) is 13.3. The Kier molecular flexibility index (Phi) is 6.94. The van der Waals surface area contributed by atoms with Crippen LogP contribution in [0.1, 0.15) is 30.5 Å². The van der Waals surface area contributed by atoms with Gasteiger partial charge < -0.3 is 11.1 Å². The predicted molar refractivity (Wildman–Crippen MR) is 98.0 cm³/mol. The van der Waals surface area contributed by atoms with Gasteiger partial charge in [0.2, 0.25) is 5.91 Å². The standard InChI is InChI=1S/C19H22BrFN2O/c1-13(18(22)15-6-3-2-4-7-15)19(24)23-11-5-8-14-9-10-16(20)12-17(14)21/h2-4,6-7,9-10,12-13,18H,5,8,11,22H2,1H3,(H,23,24). The Labute approximate surface area is 150 Å². The van der Waals surface area contributed by atoms with E-state index in [9.17, 15) is 9.18 Å². The van der Waals surface area contributed by atoms with Gasteiger partial charge in [0.1, 0.15) is 5.82 Å². The third-order valence-corrected chi connectivity index (χ3v) is 4.57. The van der Waals surface area contributed by atoms with Crippen LogP contribution < -0.4 is 11.1 Å². The van der Waals surface area contributed by atoms with Crippen LogP contribution in [0.15, 0.2) is 53.0 Å². The molecule has 0 bridgehead atoms. The van der Waals surface area contributed by atoms with Gasteiger partial charge in [-0.3, -0.25) is 4.79 Å². The average molecular weight is 393 g/mol. The van der Waals surface area contributed by atoms with E-state index in [2.05, 4.69) is 21.2 Å². The molecule has 0 heterocycles. The summed E-state index contributed by atoms with van der Waals surface area (Å²) in [7, 11) is 0. The molecule has 1 amide bonds. The number of nitrogens with one attached hydrogen (secondary N) is 1. The summed E-state index contributed by atoms with van der Waals surface area (Å²) in [6.07, 6.45) is 1.26. The number of hydrogen-bond donors (Lipinski definition) is 2. The van der Waals surface area contributed by atoms with E-state index in [1.165, 1.54) is 6.07 Å². The number of carbonyl (C=O) groups is 1. The molecule has 2 rings (SSSR count). The summed E-state index contributed by atoms with van der Waals surface area (Å²) in [5.74, 6) is -0.630. The number of amides is 1. The molecule has 0 saturated carbocycles. The number of nitrogens with two attached hydrogens (primary N) is 1. The van der Waals surface area contributed by atoms with Crippen molar-refractivity contribution < 1.29 is 9.18 Å². The fourth-order valence-electron chi connectivity index (χ4n) is 2.50. The van der Waals surface area contributed by atoms with Crippen molar-refractivity contribution >= 4 is 21.8 Å². The number of hydrogen-bond acceptors (Lipinski definition) is 2. The highest BCUT2D eigenvalue weighted by atomic mass is 79.9. The third kappa shape index (κ3) is 5.14. The van der Waals surface area contributed by atoms with E-state index in [0.717, 1.165) is 10.0 Å². The molecule has 3 N–H and O–H groups in total. The molecule has 0 aromatic heterocycles. The van der Waals surface area contributed by atoms with Gasteiger partial charge in [-0.05, 0) is 36.1 Å². The summed E-state index contributed by atoms with van der Waals surface area (Å²) in [4.78, 5) is 12.2. The first-order valence-corrected chi connectivity index (χ1v) is 8.80. The van der Waals surface area contributed by atoms with Gasteiger partial charge in [0.15, 0.2) is 0 Å². The van der Waals surface area contributed by atoms with E-state index in [0.29, 0.717) is 24.9 Å². The lowest BCUT2D eigenvalue weighted by molar-refractivity contribution is -0.125. The van der Waals surface area contributed by atoms with Crippen LogP contribution in [0.5, 0.6) is 0 Å². The van der Waals surface area contributed by atoms with Gasteiger partial charge in [-0.25, -0.2) is 4.39 Å². The molecule has 2 aromatic carbocycles. The Morgan fingerprint density at radius 2 is 1.96 bits per heavy atom. The number of carbonyl (C=O) groups excluding carboxylic acids is 1. The lowest BCUT2D eigenvalue weighted by Gasteiger charge is -2.19. The van der Waals surface area contributed by atoms with E-state index >= 15 is 0 Å². The van der Waals surface area contributed by atoms with Crippen LogP contribution in [0.4, 0.5) is 4.39 Å². The van der Waals surface area contributed by atoms with Crippen molar-refractivity contribution in [2.45, 2.75) is 25.8 Å². The van der Waals surface area contributed by atoms with Gasteiger partial charge in [0.25, 0.3) is 0 Å². The number of halogens is 2. The van der Waals surface area contributed by atoms with Gasteiger partial charge in [0.05, 0.1) is 5.92 Å². The minimum atomic E-state index is -0.338. The number of benzene rings is 2. The van der Waals surface area contributed by atoms with Crippen LogP contribution >= 0.6 is 15.9 Å². The first-order chi connectivity index (χ1) is 11.5. The Balaban J connectivity index is 1.78. The van der Waals surface area contributed by atoms with E-state index < -0.39 is 0 Å².